The molecule has 0 spiro atoms. The summed E-state index contributed by atoms with van der Waals surface area (Å²) >= 11 is 0. The minimum Gasteiger partial charge on any atom is -0.495 e. The zero-order valence-corrected chi connectivity index (χ0v) is 12.0. The summed E-state index contributed by atoms with van der Waals surface area (Å²) in [6.07, 6.45) is -0.370. The van der Waals surface area contributed by atoms with Crippen LogP contribution in [0, 0.1) is 0 Å². The van der Waals surface area contributed by atoms with Crippen LogP contribution in [0.5, 0.6) is 5.75 Å². The Kier molecular flexibility index (Phi) is 5.18. The van der Waals surface area contributed by atoms with Crippen LogP contribution in [-0.2, 0) is 14.3 Å². The lowest BCUT2D eigenvalue weighted by atomic mass is 9.95. The molecular formula is C14H21NO4. The van der Waals surface area contributed by atoms with Crippen LogP contribution in [0.25, 0.3) is 0 Å². The van der Waals surface area contributed by atoms with E-state index < -0.39 is 11.5 Å². The molecule has 1 aromatic rings. The molecule has 1 rings (SSSR count). The number of anilines is 1. The minimum absolute atomic E-state index is 0.370. The van der Waals surface area contributed by atoms with Crippen LogP contribution in [0.15, 0.2) is 24.3 Å². The Hall–Kier alpha value is -1.75. The molecule has 0 aliphatic rings. The molecule has 0 amide bonds. The zero-order chi connectivity index (χ0) is 14.5. The van der Waals surface area contributed by atoms with Crippen LogP contribution in [0.4, 0.5) is 5.69 Å². The Labute approximate surface area is 113 Å². The van der Waals surface area contributed by atoms with Gasteiger partial charge in [0, 0.05) is 7.11 Å². The monoisotopic (exact) mass is 267 g/mol. The van der Waals surface area contributed by atoms with Gasteiger partial charge in [0.2, 0.25) is 0 Å². The fraction of sp³-hybridized carbons (Fsp3) is 0.500. The number of nitrogens with one attached hydrogen (secondary N) is 1. The van der Waals surface area contributed by atoms with Gasteiger partial charge < -0.3 is 19.5 Å². The molecule has 0 fully saturated rings. The van der Waals surface area contributed by atoms with E-state index in [1.54, 1.807) is 28.1 Å². The molecule has 2 atom stereocenters. The molecule has 0 aromatic heterocycles. The number of hydrogen-bond donors (Lipinski definition) is 1. The average Bonchev–Trinajstić information content (AvgIpc) is 2.45. The molecule has 1 N–H and O–H groups in total. The first-order valence-corrected chi connectivity index (χ1v) is 6.02. The Morgan fingerprint density at radius 2 is 1.89 bits per heavy atom. The SMILES string of the molecule is COC(=O)C(C)(Nc1ccccc1OC)C(C)OC. The number of hydrogen-bond acceptors (Lipinski definition) is 5. The van der Waals surface area contributed by atoms with Crippen LogP contribution >= 0.6 is 0 Å². The molecule has 106 valence electrons. The van der Waals surface area contributed by atoms with E-state index in [4.69, 9.17) is 14.2 Å². The molecule has 19 heavy (non-hydrogen) atoms. The molecule has 0 aliphatic heterocycles. The van der Waals surface area contributed by atoms with Gasteiger partial charge in [-0.05, 0) is 26.0 Å². The molecule has 0 radical (unpaired) electrons. The highest BCUT2D eigenvalue weighted by Crippen LogP contribution is 2.29. The highest BCUT2D eigenvalue weighted by atomic mass is 16.5. The summed E-state index contributed by atoms with van der Waals surface area (Å²) < 4.78 is 15.4. The van der Waals surface area contributed by atoms with Gasteiger partial charge >= 0.3 is 5.97 Å². The Morgan fingerprint density at radius 3 is 2.42 bits per heavy atom. The van der Waals surface area contributed by atoms with Crippen molar-refractivity contribution >= 4 is 11.7 Å². The number of methoxy groups -OCH3 is 3. The van der Waals surface area contributed by atoms with Gasteiger partial charge in [-0.2, -0.15) is 0 Å². The molecule has 0 heterocycles. The zero-order valence-electron chi connectivity index (χ0n) is 12.0. The van der Waals surface area contributed by atoms with Crippen molar-refractivity contribution < 1.29 is 19.0 Å². The first kappa shape index (κ1) is 15.3. The van der Waals surface area contributed by atoms with Crippen molar-refractivity contribution in [1.29, 1.82) is 0 Å². The summed E-state index contributed by atoms with van der Waals surface area (Å²) in [5.74, 6) is 0.258. The lowest BCUT2D eigenvalue weighted by molar-refractivity contribution is -0.149. The van der Waals surface area contributed by atoms with Crippen LogP contribution in [-0.4, -0.2) is 38.9 Å². The van der Waals surface area contributed by atoms with Gasteiger partial charge in [-0.3, -0.25) is 0 Å². The number of carbonyl (C=O) groups excluding carboxylic acids is 1. The van der Waals surface area contributed by atoms with Crippen LogP contribution in [0.3, 0.4) is 0 Å². The minimum atomic E-state index is -1.00. The number of ether oxygens (including phenoxy) is 3. The summed E-state index contributed by atoms with van der Waals surface area (Å²) in [7, 11) is 4.48. The summed E-state index contributed by atoms with van der Waals surface area (Å²) in [5.41, 5.74) is -0.292. The second-order valence-corrected chi connectivity index (χ2v) is 4.40. The lowest BCUT2D eigenvalue weighted by Gasteiger charge is -2.34. The maximum Gasteiger partial charge on any atom is 0.333 e. The summed E-state index contributed by atoms with van der Waals surface area (Å²) in [6.45, 7) is 3.54. The predicted molar refractivity (Wildman–Crippen MR) is 73.5 cm³/mol. The van der Waals surface area contributed by atoms with Crippen molar-refractivity contribution in [1.82, 2.24) is 0 Å². The summed E-state index contributed by atoms with van der Waals surface area (Å²) in [4.78, 5) is 12.0. The van der Waals surface area contributed by atoms with Crippen LogP contribution in [0.1, 0.15) is 13.8 Å². The number of rotatable bonds is 6. The van der Waals surface area contributed by atoms with E-state index in [9.17, 15) is 4.79 Å². The third-order valence-corrected chi connectivity index (χ3v) is 3.28. The van der Waals surface area contributed by atoms with E-state index in [0.29, 0.717) is 11.4 Å². The third-order valence-electron chi connectivity index (χ3n) is 3.28. The largest absolute Gasteiger partial charge is 0.495 e. The van der Waals surface area contributed by atoms with Gasteiger partial charge in [0.1, 0.15) is 5.75 Å². The average molecular weight is 267 g/mol. The maximum atomic E-state index is 12.0. The molecule has 5 nitrogen and oxygen atoms in total. The molecular weight excluding hydrogens is 246 g/mol. The second-order valence-electron chi connectivity index (χ2n) is 4.40. The van der Waals surface area contributed by atoms with Crippen molar-refractivity contribution in [2.45, 2.75) is 25.5 Å². The number of esters is 1. The molecule has 0 saturated carbocycles. The lowest BCUT2D eigenvalue weighted by Crippen LogP contribution is -2.53. The van der Waals surface area contributed by atoms with E-state index >= 15 is 0 Å². The van der Waals surface area contributed by atoms with E-state index in [1.165, 1.54) is 7.11 Å². The van der Waals surface area contributed by atoms with Crippen molar-refractivity contribution in [2.75, 3.05) is 26.6 Å². The van der Waals surface area contributed by atoms with Gasteiger partial charge in [0.15, 0.2) is 5.54 Å². The Balaban J connectivity index is 3.11. The first-order chi connectivity index (χ1) is 8.99. The molecule has 2 unspecified atom stereocenters. The molecule has 1 aromatic carbocycles. The number of carbonyl (C=O) groups is 1. The van der Waals surface area contributed by atoms with E-state index in [1.807, 2.05) is 24.3 Å². The van der Waals surface area contributed by atoms with E-state index in [0.717, 1.165) is 0 Å². The van der Waals surface area contributed by atoms with Gasteiger partial charge in [-0.25, -0.2) is 4.79 Å². The number of para-hydroxylation sites is 2. The normalized spacial score (nSPS) is 15.2. The second kappa shape index (κ2) is 6.43. The summed E-state index contributed by atoms with van der Waals surface area (Å²) in [6, 6.07) is 7.37. The maximum absolute atomic E-state index is 12.0. The van der Waals surface area contributed by atoms with E-state index in [2.05, 4.69) is 5.32 Å². The fourth-order valence-corrected chi connectivity index (χ4v) is 1.79. The highest BCUT2D eigenvalue weighted by molar-refractivity contribution is 5.85. The van der Waals surface area contributed by atoms with Crippen LogP contribution < -0.4 is 10.1 Å². The first-order valence-electron chi connectivity index (χ1n) is 6.02. The third kappa shape index (κ3) is 3.17. The predicted octanol–water partition coefficient (Wildman–Crippen LogP) is 2.07. The topological polar surface area (TPSA) is 56.8 Å². The molecule has 5 heteroatoms. The molecule has 0 saturated heterocycles. The van der Waals surface area contributed by atoms with Crippen molar-refractivity contribution in [3.63, 3.8) is 0 Å². The highest BCUT2D eigenvalue weighted by Gasteiger charge is 2.41. The van der Waals surface area contributed by atoms with Gasteiger partial charge in [0.05, 0.1) is 26.0 Å². The van der Waals surface area contributed by atoms with Gasteiger partial charge in [-0.1, -0.05) is 12.1 Å². The van der Waals surface area contributed by atoms with E-state index in [-0.39, 0.29) is 6.10 Å². The van der Waals surface area contributed by atoms with Crippen molar-refractivity contribution in [3.05, 3.63) is 24.3 Å². The quantitative estimate of drug-likeness (QED) is 0.800. The Bertz CT molecular complexity index is 435. The van der Waals surface area contributed by atoms with Crippen molar-refractivity contribution in [3.8, 4) is 5.75 Å². The van der Waals surface area contributed by atoms with Gasteiger partial charge in [-0.15, -0.1) is 0 Å². The Morgan fingerprint density at radius 1 is 1.26 bits per heavy atom. The molecule has 0 aliphatic carbocycles. The van der Waals surface area contributed by atoms with Gasteiger partial charge in [0.25, 0.3) is 0 Å². The smallest absolute Gasteiger partial charge is 0.333 e. The number of benzene rings is 1. The standard InChI is InChI=1S/C14H21NO4/c1-10(17-3)14(2,13(16)19-5)15-11-8-6-7-9-12(11)18-4/h6-10,15H,1-5H3. The molecule has 0 bridgehead atoms. The van der Waals surface area contributed by atoms with Crippen molar-refractivity contribution in [2.24, 2.45) is 0 Å². The fourth-order valence-electron chi connectivity index (χ4n) is 1.79. The summed E-state index contributed by atoms with van der Waals surface area (Å²) in [5, 5.41) is 3.15. The van der Waals surface area contributed by atoms with Crippen LogP contribution in [0.2, 0.25) is 0 Å².